The van der Waals surface area contributed by atoms with Gasteiger partial charge in [-0.3, -0.25) is 9.69 Å². The maximum Gasteiger partial charge on any atom is 0.322 e. The van der Waals surface area contributed by atoms with Gasteiger partial charge < -0.3 is 4.74 Å². The minimum atomic E-state index is -0.0776. The number of carbonyl (C=O) groups excluding carboxylic acids is 1. The van der Waals surface area contributed by atoms with E-state index in [0.717, 1.165) is 12.5 Å². The number of esters is 1. The van der Waals surface area contributed by atoms with Gasteiger partial charge in [-0.15, -0.1) is 0 Å². The van der Waals surface area contributed by atoms with E-state index in [1.807, 2.05) is 6.92 Å². The molecule has 0 radical (unpaired) electrons. The lowest BCUT2D eigenvalue weighted by molar-refractivity contribution is -0.149. The van der Waals surface area contributed by atoms with Crippen LogP contribution in [0.4, 0.5) is 0 Å². The molecule has 0 aromatic carbocycles. The summed E-state index contributed by atoms with van der Waals surface area (Å²) >= 11 is 0. The highest BCUT2D eigenvalue weighted by Crippen LogP contribution is 2.36. The Morgan fingerprint density at radius 1 is 1.25 bits per heavy atom. The first-order chi connectivity index (χ1) is 7.74. The predicted octanol–water partition coefficient (Wildman–Crippen LogP) is 2.20. The third kappa shape index (κ3) is 2.24. The second-order valence-electron chi connectivity index (χ2n) is 5.19. The molecule has 0 aromatic rings. The van der Waals surface area contributed by atoms with E-state index >= 15 is 0 Å². The van der Waals surface area contributed by atoms with Crippen LogP contribution >= 0.6 is 0 Å². The molecule has 0 bridgehead atoms. The molecule has 2 rings (SSSR count). The van der Waals surface area contributed by atoms with E-state index in [1.165, 1.54) is 45.6 Å². The molecule has 3 unspecified atom stereocenters. The lowest BCUT2D eigenvalue weighted by atomic mass is 9.78. The molecule has 3 heteroatoms. The summed E-state index contributed by atoms with van der Waals surface area (Å²) < 4.78 is 4.86. The molecule has 0 N–H and O–H groups in total. The molecule has 1 heterocycles. The van der Waals surface area contributed by atoms with Crippen LogP contribution in [0.5, 0.6) is 0 Å². The Kier molecular flexibility index (Phi) is 3.85. The molecule has 2 aliphatic rings. The zero-order valence-electron chi connectivity index (χ0n) is 10.4. The molecule has 92 valence electrons. The maximum absolute atomic E-state index is 11.6. The summed E-state index contributed by atoms with van der Waals surface area (Å²) in [6, 6.07) is 0.576. The van der Waals surface area contributed by atoms with Gasteiger partial charge in [0.05, 0.1) is 7.11 Å². The van der Waals surface area contributed by atoms with Crippen molar-refractivity contribution in [3.05, 3.63) is 0 Å². The zero-order chi connectivity index (χ0) is 11.5. The average molecular weight is 225 g/mol. The minimum absolute atomic E-state index is 0.0594. The Morgan fingerprint density at radius 2 is 1.94 bits per heavy atom. The predicted molar refractivity (Wildman–Crippen MR) is 63.2 cm³/mol. The fraction of sp³-hybridized carbons (Fsp3) is 0.923. The minimum Gasteiger partial charge on any atom is -0.468 e. The first-order valence-electron chi connectivity index (χ1n) is 6.57. The number of hydrogen-bond donors (Lipinski definition) is 0. The molecule has 1 saturated heterocycles. The van der Waals surface area contributed by atoms with Gasteiger partial charge in [-0.2, -0.15) is 0 Å². The van der Waals surface area contributed by atoms with E-state index in [1.54, 1.807) is 0 Å². The molecule has 1 aliphatic heterocycles. The lowest BCUT2D eigenvalue weighted by Crippen LogP contribution is -2.53. The number of rotatable bonds is 2. The molecule has 1 aliphatic carbocycles. The first-order valence-corrected chi connectivity index (χ1v) is 6.57. The van der Waals surface area contributed by atoms with Crippen LogP contribution in [0.2, 0.25) is 0 Å². The van der Waals surface area contributed by atoms with Gasteiger partial charge in [0, 0.05) is 6.04 Å². The van der Waals surface area contributed by atoms with Crippen LogP contribution in [0.15, 0.2) is 0 Å². The van der Waals surface area contributed by atoms with Crippen molar-refractivity contribution in [3.63, 3.8) is 0 Å². The van der Waals surface area contributed by atoms with Crippen molar-refractivity contribution < 1.29 is 9.53 Å². The van der Waals surface area contributed by atoms with Gasteiger partial charge in [-0.05, 0) is 45.1 Å². The van der Waals surface area contributed by atoms with Gasteiger partial charge in [0.2, 0.25) is 0 Å². The third-order valence-electron chi connectivity index (χ3n) is 4.33. The van der Waals surface area contributed by atoms with Crippen molar-refractivity contribution >= 4 is 5.97 Å². The van der Waals surface area contributed by atoms with Crippen LogP contribution in [0, 0.1) is 5.92 Å². The van der Waals surface area contributed by atoms with Crippen molar-refractivity contribution in [3.8, 4) is 0 Å². The van der Waals surface area contributed by atoms with Crippen molar-refractivity contribution in [2.45, 2.75) is 57.5 Å². The summed E-state index contributed by atoms with van der Waals surface area (Å²) in [5.74, 6) is 0.751. The van der Waals surface area contributed by atoms with Gasteiger partial charge in [0.15, 0.2) is 0 Å². The van der Waals surface area contributed by atoms with Crippen LogP contribution in [0.1, 0.15) is 45.4 Å². The third-order valence-corrected chi connectivity index (χ3v) is 4.33. The normalized spacial score (nSPS) is 32.9. The van der Waals surface area contributed by atoms with Crippen molar-refractivity contribution in [1.82, 2.24) is 4.90 Å². The van der Waals surface area contributed by atoms with Gasteiger partial charge in [-0.25, -0.2) is 0 Å². The molecule has 3 atom stereocenters. The molecule has 3 nitrogen and oxygen atoms in total. The van der Waals surface area contributed by atoms with Crippen LogP contribution in [0.3, 0.4) is 0 Å². The smallest absolute Gasteiger partial charge is 0.322 e. The molecule has 2 fully saturated rings. The van der Waals surface area contributed by atoms with Crippen molar-refractivity contribution in [2.75, 3.05) is 13.7 Å². The van der Waals surface area contributed by atoms with E-state index in [2.05, 4.69) is 4.90 Å². The van der Waals surface area contributed by atoms with Crippen LogP contribution in [-0.4, -0.2) is 36.6 Å². The van der Waals surface area contributed by atoms with Gasteiger partial charge in [0.25, 0.3) is 0 Å². The molecule has 0 spiro atoms. The summed E-state index contributed by atoms with van der Waals surface area (Å²) in [5, 5.41) is 0. The maximum atomic E-state index is 11.6. The SMILES string of the molecule is COC(=O)C(C)N1CCCC2CCCCC21. The Bertz CT molecular complexity index is 252. The fourth-order valence-corrected chi connectivity index (χ4v) is 3.45. The molecule has 1 saturated carbocycles. The highest BCUT2D eigenvalue weighted by atomic mass is 16.5. The summed E-state index contributed by atoms with van der Waals surface area (Å²) in [6.45, 7) is 3.06. The first kappa shape index (κ1) is 11.9. The van der Waals surface area contributed by atoms with Crippen LogP contribution in [-0.2, 0) is 9.53 Å². The Balaban J connectivity index is 2.04. The molecular weight excluding hydrogens is 202 g/mol. The number of methoxy groups -OCH3 is 1. The number of nitrogens with zero attached hydrogens (tertiary/aromatic N) is 1. The number of carbonyl (C=O) groups is 1. The zero-order valence-corrected chi connectivity index (χ0v) is 10.4. The number of ether oxygens (including phenoxy) is 1. The van der Waals surface area contributed by atoms with E-state index in [4.69, 9.17) is 4.74 Å². The molecule has 0 aromatic heterocycles. The van der Waals surface area contributed by atoms with E-state index < -0.39 is 0 Å². The Morgan fingerprint density at radius 3 is 2.69 bits per heavy atom. The molecule has 16 heavy (non-hydrogen) atoms. The van der Waals surface area contributed by atoms with Crippen molar-refractivity contribution in [2.24, 2.45) is 5.92 Å². The summed E-state index contributed by atoms with van der Waals surface area (Å²) in [7, 11) is 1.49. The standard InChI is InChI=1S/C13H23NO2/c1-10(13(15)16-2)14-9-5-7-11-6-3-4-8-12(11)14/h10-12H,3-9H2,1-2H3. The fourth-order valence-electron chi connectivity index (χ4n) is 3.45. The van der Waals surface area contributed by atoms with Gasteiger partial charge in [0.1, 0.15) is 6.04 Å². The lowest BCUT2D eigenvalue weighted by Gasteiger charge is -2.46. The van der Waals surface area contributed by atoms with E-state index in [0.29, 0.717) is 6.04 Å². The largest absolute Gasteiger partial charge is 0.468 e. The molecule has 0 amide bonds. The summed E-state index contributed by atoms with van der Waals surface area (Å²) in [6.07, 6.45) is 7.92. The number of hydrogen-bond acceptors (Lipinski definition) is 3. The van der Waals surface area contributed by atoms with Crippen LogP contribution in [0.25, 0.3) is 0 Å². The highest BCUT2D eigenvalue weighted by Gasteiger charge is 2.37. The second-order valence-corrected chi connectivity index (χ2v) is 5.19. The van der Waals surface area contributed by atoms with Crippen LogP contribution < -0.4 is 0 Å². The quantitative estimate of drug-likeness (QED) is 0.675. The Labute approximate surface area is 98.1 Å². The highest BCUT2D eigenvalue weighted by molar-refractivity contribution is 5.75. The topological polar surface area (TPSA) is 29.5 Å². The van der Waals surface area contributed by atoms with E-state index in [-0.39, 0.29) is 12.0 Å². The number of piperidine rings is 1. The van der Waals surface area contributed by atoms with Gasteiger partial charge in [-0.1, -0.05) is 12.8 Å². The number of likely N-dealkylation sites (tertiary alicyclic amines) is 1. The summed E-state index contributed by atoms with van der Waals surface area (Å²) in [4.78, 5) is 14.0. The van der Waals surface area contributed by atoms with Crippen molar-refractivity contribution in [1.29, 1.82) is 0 Å². The summed E-state index contributed by atoms with van der Waals surface area (Å²) in [5.41, 5.74) is 0. The number of fused-ring (bicyclic) bond motifs is 1. The van der Waals surface area contributed by atoms with Gasteiger partial charge >= 0.3 is 5.97 Å². The monoisotopic (exact) mass is 225 g/mol. The Hall–Kier alpha value is -0.570. The average Bonchev–Trinajstić information content (AvgIpc) is 2.36. The second kappa shape index (κ2) is 5.17. The molecular formula is C13H23NO2. The van der Waals surface area contributed by atoms with E-state index in [9.17, 15) is 4.79 Å².